The third-order valence-electron chi connectivity index (χ3n) is 8.71. The fraction of sp³-hybridized carbons (Fsp3) is 0.556. The molecular weight excluding hydrogens is 557 g/mol. The van der Waals surface area contributed by atoms with Gasteiger partial charge in [-0.2, -0.15) is 10.4 Å². The van der Waals surface area contributed by atoms with Crippen LogP contribution >= 0.6 is 23.2 Å². The Kier molecular flexibility index (Phi) is 7.21. The molecule has 1 unspecified atom stereocenters. The maximum Gasteiger partial charge on any atom is 0.190 e. The Labute approximate surface area is 238 Å². The molecule has 0 saturated carbocycles. The van der Waals surface area contributed by atoms with Gasteiger partial charge in [-0.25, -0.2) is 23.1 Å². The highest BCUT2D eigenvalue weighted by Gasteiger charge is 2.39. The number of hydrogen-bond donors (Lipinski definition) is 0. The molecule has 5 heterocycles. The zero-order chi connectivity index (χ0) is 27.3. The van der Waals surface area contributed by atoms with Crippen LogP contribution in [0.1, 0.15) is 49.9 Å². The smallest absolute Gasteiger partial charge is 0.190 e. The second-order valence-electron chi connectivity index (χ2n) is 11.1. The first kappa shape index (κ1) is 26.8. The first-order valence-electron chi connectivity index (χ1n) is 13.5. The number of hydrogen-bond acceptors (Lipinski definition) is 8. The number of anilines is 1. The normalized spacial score (nSPS) is 23.4. The Bertz CT molecular complexity index is 1530. The summed E-state index contributed by atoms with van der Waals surface area (Å²) in [4.78, 5) is 14.3. The molecule has 0 amide bonds. The van der Waals surface area contributed by atoms with Gasteiger partial charge in [0.15, 0.2) is 11.3 Å². The van der Waals surface area contributed by atoms with E-state index in [1.54, 1.807) is 23.0 Å². The van der Waals surface area contributed by atoms with Gasteiger partial charge in [-0.3, -0.25) is 0 Å². The quantitative estimate of drug-likeness (QED) is 0.433. The van der Waals surface area contributed by atoms with E-state index in [1.165, 1.54) is 6.42 Å². The van der Waals surface area contributed by atoms with Crippen molar-refractivity contribution in [2.45, 2.75) is 44.7 Å². The number of fused-ring (bicyclic) bond motifs is 1. The summed E-state index contributed by atoms with van der Waals surface area (Å²) in [7, 11) is -2.84. The minimum Gasteiger partial charge on any atom is -0.355 e. The van der Waals surface area contributed by atoms with Gasteiger partial charge in [0.1, 0.15) is 27.2 Å². The van der Waals surface area contributed by atoms with Gasteiger partial charge in [0.25, 0.3) is 0 Å². The maximum atomic E-state index is 11.9. The standard InChI is InChI=1S/C27H31Cl2N7O2S/c1-17(22-5-4-20(28)11-23(22)29)36-27-26(24(12-30)33-36)31-13-25(32-27)35-15-19(16-35)18-3-2-8-34(14-18)21-6-9-39(37,38)10-7-21/h4-5,11,13,17-19,21H,2-3,6-10,14-16H2,1H3/t17-,18?/m1/s1. The highest BCUT2D eigenvalue weighted by molar-refractivity contribution is 7.91. The van der Waals surface area contributed by atoms with Crippen LogP contribution in [0, 0.1) is 23.2 Å². The summed E-state index contributed by atoms with van der Waals surface area (Å²) in [5, 5.41) is 15.3. The Hall–Kier alpha value is -2.45. The first-order valence-corrected chi connectivity index (χ1v) is 16.1. The first-order chi connectivity index (χ1) is 18.7. The topological polar surface area (TPSA) is 108 Å². The van der Waals surface area contributed by atoms with Crippen molar-refractivity contribution in [1.82, 2.24) is 24.6 Å². The molecule has 1 aromatic carbocycles. The molecular formula is C27H31Cl2N7O2S. The van der Waals surface area contributed by atoms with Crippen LogP contribution in [0.3, 0.4) is 0 Å². The van der Waals surface area contributed by atoms with Crippen molar-refractivity contribution in [2.24, 2.45) is 11.8 Å². The van der Waals surface area contributed by atoms with Gasteiger partial charge in [-0.05, 0) is 68.7 Å². The van der Waals surface area contributed by atoms with Crippen LogP contribution in [0.15, 0.2) is 24.4 Å². The summed E-state index contributed by atoms with van der Waals surface area (Å²) < 4.78 is 25.5. The van der Waals surface area contributed by atoms with E-state index >= 15 is 0 Å². The molecule has 3 aliphatic heterocycles. The lowest BCUT2D eigenvalue weighted by Gasteiger charge is -2.48. The molecule has 9 nitrogen and oxygen atoms in total. The van der Waals surface area contributed by atoms with Gasteiger partial charge >= 0.3 is 0 Å². The predicted molar refractivity (Wildman–Crippen MR) is 152 cm³/mol. The number of rotatable bonds is 5. The van der Waals surface area contributed by atoms with Crippen LogP contribution in [-0.2, 0) is 9.84 Å². The summed E-state index contributed by atoms with van der Waals surface area (Å²) in [6.45, 7) is 5.91. The predicted octanol–water partition coefficient (Wildman–Crippen LogP) is 4.34. The van der Waals surface area contributed by atoms with E-state index in [0.717, 1.165) is 56.8 Å². The van der Waals surface area contributed by atoms with Gasteiger partial charge in [-0.15, -0.1) is 0 Å². The third kappa shape index (κ3) is 5.22. The number of benzene rings is 1. The van der Waals surface area contributed by atoms with E-state index in [1.807, 2.05) is 13.0 Å². The average molecular weight is 589 g/mol. The molecule has 206 valence electrons. The molecule has 0 radical (unpaired) electrons. The molecule has 39 heavy (non-hydrogen) atoms. The molecule has 2 aromatic heterocycles. The van der Waals surface area contributed by atoms with Crippen LogP contribution in [0.4, 0.5) is 5.82 Å². The van der Waals surface area contributed by atoms with Crippen molar-refractivity contribution in [2.75, 3.05) is 42.6 Å². The minimum atomic E-state index is -2.84. The van der Waals surface area contributed by atoms with Gasteiger partial charge < -0.3 is 9.80 Å². The highest BCUT2D eigenvalue weighted by Crippen LogP contribution is 2.36. The molecule has 3 fully saturated rings. The van der Waals surface area contributed by atoms with E-state index < -0.39 is 9.84 Å². The summed E-state index contributed by atoms with van der Waals surface area (Å²) in [6, 6.07) is 7.62. The third-order valence-corrected chi connectivity index (χ3v) is 11.0. The number of nitrogens with zero attached hydrogens (tertiary/aromatic N) is 7. The number of sulfone groups is 1. The summed E-state index contributed by atoms with van der Waals surface area (Å²) in [5.41, 5.74) is 2.11. The van der Waals surface area contributed by atoms with Crippen molar-refractivity contribution in [3.63, 3.8) is 0 Å². The van der Waals surface area contributed by atoms with Gasteiger partial charge in [0.05, 0.1) is 23.7 Å². The van der Waals surface area contributed by atoms with Gasteiger partial charge in [0.2, 0.25) is 0 Å². The number of halogens is 2. The van der Waals surface area contributed by atoms with Crippen LogP contribution in [-0.4, -0.2) is 76.8 Å². The van der Waals surface area contributed by atoms with Crippen LogP contribution in [0.2, 0.25) is 10.0 Å². The summed E-state index contributed by atoms with van der Waals surface area (Å²) in [5.74, 6) is 2.61. The van der Waals surface area contributed by atoms with Crippen molar-refractivity contribution >= 4 is 50.0 Å². The fourth-order valence-electron chi connectivity index (χ4n) is 6.37. The number of piperidine rings is 1. The SMILES string of the molecule is C[C@H](c1ccc(Cl)cc1Cl)n1nc(C#N)c2ncc(N3CC(C4CCCN(C5CCS(=O)(=O)CC5)C4)C3)nc21. The largest absolute Gasteiger partial charge is 0.355 e. The molecule has 3 aliphatic rings. The van der Waals surface area contributed by atoms with Gasteiger partial charge in [-0.1, -0.05) is 29.3 Å². The van der Waals surface area contributed by atoms with Gasteiger partial charge in [0, 0.05) is 35.7 Å². The lowest BCUT2D eigenvalue weighted by atomic mass is 9.80. The monoisotopic (exact) mass is 587 g/mol. The minimum absolute atomic E-state index is 0.236. The zero-order valence-electron chi connectivity index (χ0n) is 21.8. The molecule has 0 bridgehead atoms. The molecule has 0 N–H and O–H groups in total. The second-order valence-corrected chi connectivity index (χ2v) is 14.2. The van der Waals surface area contributed by atoms with E-state index in [-0.39, 0.29) is 11.7 Å². The van der Waals surface area contributed by atoms with Crippen molar-refractivity contribution in [3.8, 4) is 6.07 Å². The van der Waals surface area contributed by atoms with Crippen molar-refractivity contribution < 1.29 is 8.42 Å². The number of nitriles is 1. The lowest BCUT2D eigenvalue weighted by molar-refractivity contribution is 0.0798. The number of aromatic nitrogens is 4. The Morgan fingerprint density at radius 2 is 1.87 bits per heavy atom. The fourth-order valence-corrected chi connectivity index (χ4v) is 8.40. The highest BCUT2D eigenvalue weighted by atomic mass is 35.5. The Morgan fingerprint density at radius 1 is 1.10 bits per heavy atom. The molecule has 0 aliphatic carbocycles. The summed E-state index contributed by atoms with van der Waals surface area (Å²) >= 11 is 12.6. The molecule has 2 atom stereocenters. The Morgan fingerprint density at radius 3 is 2.59 bits per heavy atom. The molecule has 3 aromatic rings. The van der Waals surface area contributed by atoms with Crippen LogP contribution in [0.25, 0.3) is 11.2 Å². The molecule has 0 spiro atoms. The lowest BCUT2D eigenvalue weighted by Crippen LogP contribution is -2.55. The molecule has 3 saturated heterocycles. The average Bonchev–Trinajstić information content (AvgIpc) is 3.26. The van der Waals surface area contributed by atoms with Crippen LogP contribution in [0.5, 0.6) is 0 Å². The number of likely N-dealkylation sites (tertiary alicyclic amines) is 1. The van der Waals surface area contributed by atoms with Crippen molar-refractivity contribution in [3.05, 3.63) is 45.7 Å². The second kappa shape index (κ2) is 10.5. The molecule has 12 heteroatoms. The van der Waals surface area contributed by atoms with E-state index in [9.17, 15) is 13.7 Å². The van der Waals surface area contributed by atoms with E-state index in [0.29, 0.717) is 50.6 Å². The molecule has 6 rings (SSSR count). The van der Waals surface area contributed by atoms with Crippen molar-refractivity contribution in [1.29, 1.82) is 5.26 Å². The zero-order valence-corrected chi connectivity index (χ0v) is 24.1. The van der Waals surface area contributed by atoms with E-state index in [2.05, 4.69) is 26.0 Å². The maximum absolute atomic E-state index is 11.9. The van der Waals surface area contributed by atoms with Crippen LogP contribution < -0.4 is 4.90 Å². The summed E-state index contributed by atoms with van der Waals surface area (Å²) in [6.07, 6.45) is 5.64. The van der Waals surface area contributed by atoms with E-state index in [4.69, 9.17) is 28.2 Å². The Balaban J connectivity index is 1.17.